The van der Waals surface area contributed by atoms with Gasteiger partial charge in [0.05, 0.1) is 23.3 Å². The van der Waals surface area contributed by atoms with Crippen molar-refractivity contribution in [1.29, 1.82) is 0 Å². The number of aryl methyl sites for hydroxylation is 1. The molecule has 26 heavy (non-hydrogen) atoms. The number of pyridine rings is 1. The van der Waals surface area contributed by atoms with Crippen LogP contribution in [0.2, 0.25) is 5.02 Å². The van der Waals surface area contributed by atoms with Crippen LogP contribution in [0.25, 0.3) is 33.7 Å². The molecule has 4 aromatic rings. The van der Waals surface area contributed by atoms with Gasteiger partial charge < -0.3 is 4.74 Å². The molecule has 0 spiro atoms. The first kappa shape index (κ1) is 16.5. The topological polar surface area (TPSA) is 47.9 Å². The molecular formula is C21H16ClN3O. The summed E-state index contributed by atoms with van der Waals surface area (Å²) in [5, 5.41) is 1.57. The van der Waals surface area contributed by atoms with Gasteiger partial charge in [0, 0.05) is 17.1 Å². The van der Waals surface area contributed by atoms with Gasteiger partial charge in [0.1, 0.15) is 11.4 Å². The lowest BCUT2D eigenvalue weighted by molar-refractivity contribution is 0.412. The highest BCUT2D eigenvalue weighted by Crippen LogP contribution is 2.33. The lowest BCUT2D eigenvalue weighted by atomic mass is 10.1. The predicted molar refractivity (Wildman–Crippen MR) is 105 cm³/mol. The molecule has 0 aliphatic carbocycles. The molecule has 0 N–H and O–H groups in total. The number of rotatable bonds is 3. The van der Waals surface area contributed by atoms with Gasteiger partial charge in [-0.25, -0.2) is 15.0 Å². The highest BCUT2D eigenvalue weighted by molar-refractivity contribution is 6.32. The number of hydrogen-bond acceptors (Lipinski definition) is 4. The van der Waals surface area contributed by atoms with Crippen molar-refractivity contribution in [3.8, 4) is 28.5 Å². The first-order valence-corrected chi connectivity index (χ1v) is 8.57. The number of nitrogens with zero attached hydrogens (tertiary/aromatic N) is 3. The van der Waals surface area contributed by atoms with Gasteiger partial charge in [-0.15, -0.1) is 0 Å². The Kier molecular flexibility index (Phi) is 4.27. The van der Waals surface area contributed by atoms with Crippen molar-refractivity contribution in [1.82, 2.24) is 15.0 Å². The molecule has 5 heteroatoms. The number of hydrogen-bond donors (Lipinski definition) is 0. The van der Waals surface area contributed by atoms with E-state index in [2.05, 4.69) is 9.97 Å². The molecule has 0 saturated carbocycles. The molecule has 0 saturated heterocycles. The van der Waals surface area contributed by atoms with Crippen LogP contribution >= 0.6 is 11.6 Å². The van der Waals surface area contributed by atoms with E-state index in [4.69, 9.17) is 21.3 Å². The van der Waals surface area contributed by atoms with E-state index in [1.54, 1.807) is 7.11 Å². The SMILES string of the molecule is COc1c(C)cc(-c2cccc(-c3ncc4ccccc4n3)n2)cc1Cl. The van der Waals surface area contributed by atoms with Gasteiger partial charge in [-0.1, -0.05) is 35.9 Å². The van der Waals surface area contributed by atoms with Crippen molar-refractivity contribution in [3.05, 3.63) is 71.4 Å². The standard InChI is InChI=1S/C21H16ClN3O/c1-13-10-15(11-16(22)20(13)26-2)18-8-5-9-19(24-18)21-23-12-14-6-3-4-7-17(14)25-21/h3-12H,1-2H3. The Morgan fingerprint density at radius 3 is 2.54 bits per heavy atom. The van der Waals surface area contributed by atoms with Gasteiger partial charge in [0.25, 0.3) is 0 Å². The lowest BCUT2D eigenvalue weighted by Crippen LogP contribution is -1.95. The van der Waals surface area contributed by atoms with Gasteiger partial charge in [-0.2, -0.15) is 0 Å². The molecule has 0 bridgehead atoms. The summed E-state index contributed by atoms with van der Waals surface area (Å²) in [6, 6.07) is 17.6. The summed E-state index contributed by atoms with van der Waals surface area (Å²) in [5.41, 5.74) is 4.32. The molecule has 128 valence electrons. The minimum absolute atomic E-state index is 0.566. The fourth-order valence-electron chi connectivity index (χ4n) is 2.95. The number of methoxy groups -OCH3 is 1. The third kappa shape index (κ3) is 3.00. The Morgan fingerprint density at radius 2 is 1.73 bits per heavy atom. The van der Waals surface area contributed by atoms with Crippen molar-refractivity contribution in [3.63, 3.8) is 0 Å². The van der Waals surface area contributed by atoms with Gasteiger partial charge in [0.15, 0.2) is 5.82 Å². The van der Waals surface area contributed by atoms with E-state index in [0.717, 1.165) is 33.4 Å². The zero-order chi connectivity index (χ0) is 18.1. The lowest BCUT2D eigenvalue weighted by Gasteiger charge is -2.10. The van der Waals surface area contributed by atoms with Crippen LogP contribution in [0.3, 0.4) is 0 Å². The van der Waals surface area contributed by atoms with Crippen molar-refractivity contribution < 1.29 is 4.74 Å². The molecule has 2 heterocycles. The average Bonchev–Trinajstić information content (AvgIpc) is 2.67. The quantitative estimate of drug-likeness (QED) is 0.495. The molecule has 0 aliphatic heterocycles. The van der Waals surface area contributed by atoms with Crippen LogP contribution in [-0.2, 0) is 0 Å². The summed E-state index contributed by atoms with van der Waals surface area (Å²) in [6.45, 7) is 1.96. The molecule has 4 nitrogen and oxygen atoms in total. The Labute approximate surface area is 156 Å². The van der Waals surface area contributed by atoms with E-state index in [1.807, 2.05) is 67.7 Å². The number of ether oxygens (including phenoxy) is 1. The largest absolute Gasteiger partial charge is 0.495 e. The minimum Gasteiger partial charge on any atom is -0.495 e. The van der Waals surface area contributed by atoms with Gasteiger partial charge in [-0.3, -0.25) is 0 Å². The second kappa shape index (κ2) is 6.73. The first-order valence-electron chi connectivity index (χ1n) is 8.19. The second-order valence-electron chi connectivity index (χ2n) is 5.97. The Hall–Kier alpha value is -2.98. The fraction of sp³-hybridized carbons (Fsp3) is 0.0952. The van der Waals surface area contributed by atoms with E-state index < -0.39 is 0 Å². The smallest absolute Gasteiger partial charge is 0.178 e. The molecule has 0 atom stereocenters. The summed E-state index contributed by atoms with van der Waals surface area (Å²) in [5.74, 6) is 1.28. The van der Waals surface area contributed by atoms with E-state index in [9.17, 15) is 0 Å². The van der Waals surface area contributed by atoms with Crippen LogP contribution in [-0.4, -0.2) is 22.1 Å². The van der Waals surface area contributed by atoms with Crippen LogP contribution in [0.5, 0.6) is 5.75 Å². The third-order valence-electron chi connectivity index (χ3n) is 4.20. The molecule has 0 amide bonds. The fourth-order valence-corrected chi connectivity index (χ4v) is 3.30. The zero-order valence-electron chi connectivity index (χ0n) is 14.4. The summed E-state index contributed by atoms with van der Waals surface area (Å²) < 4.78 is 5.33. The van der Waals surface area contributed by atoms with Gasteiger partial charge in [-0.05, 0) is 42.8 Å². The number of benzene rings is 2. The van der Waals surface area contributed by atoms with Crippen molar-refractivity contribution in [2.45, 2.75) is 6.92 Å². The highest BCUT2D eigenvalue weighted by Gasteiger charge is 2.11. The summed E-state index contributed by atoms with van der Waals surface area (Å²) in [7, 11) is 1.61. The molecule has 0 unspecified atom stereocenters. The van der Waals surface area contributed by atoms with E-state index >= 15 is 0 Å². The maximum atomic E-state index is 6.33. The van der Waals surface area contributed by atoms with Crippen molar-refractivity contribution in [2.75, 3.05) is 7.11 Å². The zero-order valence-corrected chi connectivity index (χ0v) is 15.2. The Morgan fingerprint density at radius 1 is 0.923 bits per heavy atom. The van der Waals surface area contributed by atoms with Crippen molar-refractivity contribution >= 4 is 22.5 Å². The van der Waals surface area contributed by atoms with E-state index in [1.165, 1.54) is 0 Å². The van der Waals surface area contributed by atoms with Crippen LogP contribution < -0.4 is 4.74 Å². The normalized spacial score (nSPS) is 10.9. The second-order valence-corrected chi connectivity index (χ2v) is 6.38. The highest BCUT2D eigenvalue weighted by atomic mass is 35.5. The molecule has 0 aliphatic rings. The molecule has 4 rings (SSSR count). The van der Waals surface area contributed by atoms with Crippen LogP contribution in [0, 0.1) is 6.92 Å². The van der Waals surface area contributed by atoms with Gasteiger partial charge >= 0.3 is 0 Å². The molecular weight excluding hydrogens is 346 g/mol. The summed E-state index contributed by atoms with van der Waals surface area (Å²) >= 11 is 6.33. The number of aromatic nitrogens is 3. The van der Waals surface area contributed by atoms with Crippen LogP contribution in [0.1, 0.15) is 5.56 Å². The molecule has 2 aromatic carbocycles. The molecule has 0 fully saturated rings. The van der Waals surface area contributed by atoms with Crippen LogP contribution in [0.15, 0.2) is 60.8 Å². The van der Waals surface area contributed by atoms with Crippen molar-refractivity contribution in [2.24, 2.45) is 0 Å². The average molecular weight is 362 g/mol. The van der Waals surface area contributed by atoms with Gasteiger partial charge in [0.2, 0.25) is 0 Å². The maximum Gasteiger partial charge on any atom is 0.178 e. The Bertz CT molecular complexity index is 1090. The maximum absolute atomic E-state index is 6.33. The summed E-state index contributed by atoms with van der Waals surface area (Å²) in [6.07, 6.45) is 1.82. The Balaban J connectivity index is 1.79. The number of halogens is 1. The van der Waals surface area contributed by atoms with E-state index in [0.29, 0.717) is 16.6 Å². The predicted octanol–water partition coefficient (Wildman–Crippen LogP) is 5.33. The first-order chi connectivity index (χ1) is 12.7. The third-order valence-corrected chi connectivity index (χ3v) is 4.48. The van der Waals surface area contributed by atoms with Crippen LogP contribution in [0.4, 0.5) is 0 Å². The summed E-state index contributed by atoms with van der Waals surface area (Å²) in [4.78, 5) is 13.8. The minimum atomic E-state index is 0.566. The molecule has 2 aromatic heterocycles. The molecule has 0 radical (unpaired) electrons. The van der Waals surface area contributed by atoms with E-state index in [-0.39, 0.29) is 0 Å². The number of fused-ring (bicyclic) bond motifs is 1. The monoisotopic (exact) mass is 361 g/mol. The number of para-hydroxylation sites is 1.